The van der Waals surface area contributed by atoms with Crippen LogP contribution in [0.25, 0.3) is 21.8 Å². The van der Waals surface area contributed by atoms with Crippen molar-refractivity contribution in [2.24, 2.45) is 4.99 Å². The molecule has 4 aromatic rings. The fourth-order valence-corrected chi connectivity index (χ4v) is 4.61. The molecule has 2 heterocycles. The number of nitrogens with zero attached hydrogens (tertiary/aromatic N) is 3. The molecule has 5 heteroatoms. The van der Waals surface area contributed by atoms with Gasteiger partial charge in [-0.25, -0.2) is 0 Å². The molecule has 0 aliphatic heterocycles. The van der Waals surface area contributed by atoms with Gasteiger partial charge in [0.05, 0.1) is 17.1 Å². The van der Waals surface area contributed by atoms with Crippen LogP contribution in [-0.4, -0.2) is 21.1 Å². The number of hydrogen-bond donors (Lipinski definition) is 0. The smallest absolute Gasteiger partial charge is 0.252 e. The van der Waals surface area contributed by atoms with E-state index in [4.69, 9.17) is 4.99 Å². The van der Waals surface area contributed by atoms with Crippen LogP contribution in [0.3, 0.4) is 0 Å². The maximum absolute atomic E-state index is 13.5. The van der Waals surface area contributed by atoms with Gasteiger partial charge in [-0.1, -0.05) is 49.6 Å². The van der Waals surface area contributed by atoms with E-state index in [-0.39, 0.29) is 23.9 Å². The summed E-state index contributed by atoms with van der Waals surface area (Å²) in [6, 6.07) is 20.9. The van der Waals surface area contributed by atoms with E-state index >= 15 is 0 Å². The number of pyridine rings is 2. The van der Waals surface area contributed by atoms with Crippen molar-refractivity contribution in [3.05, 3.63) is 88.6 Å². The average molecular weight is 412 g/mol. The number of para-hydroxylation sites is 2. The molecule has 2 aromatic heterocycles. The van der Waals surface area contributed by atoms with E-state index in [0.29, 0.717) is 16.3 Å². The predicted molar refractivity (Wildman–Crippen MR) is 123 cm³/mol. The molecule has 0 bridgehead atoms. The SMILES string of the molecule is O=C(Cn1c2ccccc2c(=O)c2ccccc21)n1ccccc1=NC1CCCCC1. The number of hydrogen-bond acceptors (Lipinski definition) is 3. The van der Waals surface area contributed by atoms with Crippen molar-refractivity contribution in [1.82, 2.24) is 9.13 Å². The van der Waals surface area contributed by atoms with Crippen molar-refractivity contribution in [3.63, 3.8) is 0 Å². The van der Waals surface area contributed by atoms with Gasteiger partial charge < -0.3 is 4.57 Å². The molecule has 31 heavy (non-hydrogen) atoms. The number of rotatable bonds is 3. The topological polar surface area (TPSA) is 56.4 Å². The maximum atomic E-state index is 13.5. The normalized spacial score (nSPS) is 15.5. The summed E-state index contributed by atoms with van der Waals surface area (Å²) in [7, 11) is 0. The molecule has 156 valence electrons. The van der Waals surface area contributed by atoms with Gasteiger partial charge in [-0.2, -0.15) is 0 Å². The van der Waals surface area contributed by atoms with Crippen molar-refractivity contribution in [1.29, 1.82) is 0 Å². The second kappa shape index (κ2) is 8.34. The van der Waals surface area contributed by atoms with Crippen LogP contribution in [0.15, 0.2) is 82.7 Å². The third-order valence-corrected chi connectivity index (χ3v) is 6.17. The molecule has 0 spiro atoms. The molecule has 1 saturated carbocycles. The third-order valence-electron chi connectivity index (χ3n) is 6.17. The van der Waals surface area contributed by atoms with Crippen LogP contribution >= 0.6 is 0 Å². The van der Waals surface area contributed by atoms with Gasteiger partial charge in [-0.05, 0) is 49.2 Å². The Morgan fingerprint density at radius 2 is 1.45 bits per heavy atom. The Hall–Kier alpha value is -3.47. The van der Waals surface area contributed by atoms with E-state index in [0.717, 1.165) is 23.9 Å². The molecule has 0 unspecified atom stereocenters. The lowest BCUT2D eigenvalue weighted by Gasteiger charge is -2.18. The Morgan fingerprint density at radius 1 is 0.839 bits per heavy atom. The van der Waals surface area contributed by atoms with E-state index in [1.54, 1.807) is 10.8 Å². The van der Waals surface area contributed by atoms with Crippen LogP contribution < -0.4 is 10.9 Å². The molecule has 1 aliphatic carbocycles. The van der Waals surface area contributed by atoms with Crippen LogP contribution in [0, 0.1) is 0 Å². The van der Waals surface area contributed by atoms with E-state index in [1.165, 1.54) is 19.3 Å². The van der Waals surface area contributed by atoms with Gasteiger partial charge >= 0.3 is 0 Å². The summed E-state index contributed by atoms with van der Waals surface area (Å²) in [5.41, 5.74) is 2.23. The van der Waals surface area contributed by atoms with Gasteiger partial charge in [-0.15, -0.1) is 0 Å². The lowest BCUT2D eigenvalue weighted by Crippen LogP contribution is -2.31. The summed E-state index contributed by atoms with van der Waals surface area (Å²) in [5, 5.41) is 1.25. The van der Waals surface area contributed by atoms with Gasteiger partial charge in [0.1, 0.15) is 12.0 Å². The summed E-state index contributed by atoms with van der Waals surface area (Å²) >= 11 is 0. The Balaban J connectivity index is 1.61. The fourth-order valence-electron chi connectivity index (χ4n) is 4.61. The summed E-state index contributed by atoms with van der Waals surface area (Å²) in [4.78, 5) is 31.3. The van der Waals surface area contributed by atoms with Crippen LogP contribution in [0.1, 0.15) is 36.9 Å². The first-order chi connectivity index (χ1) is 15.2. The van der Waals surface area contributed by atoms with Crippen molar-refractivity contribution >= 4 is 27.7 Å². The number of fused-ring (bicyclic) bond motifs is 2. The van der Waals surface area contributed by atoms with Crippen molar-refractivity contribution in [2.75, 3.05) is 0 Å². The predicted octanol–water partition coefficient (Wildman–Crippen LogP) is 4.53. The lowest BCUT2D eigenvalue weighted by molar-refractivity contribution is 0.0888. The van der Waals surface area contributed by atoms with E-state index < -0.39 is 0 Å². The molecule has 5 rings (SSSR count). The first kappa shape index (κ1) is 19.5. The standard InChI is InChI=1S/C26H25N3O2/c30-25(28-17-9-8-16-24(28)27-19-10-2-1-3-11-19)18-29-22-14-6-4-12-20(22)26(31)21-13-5-7-15-23(21)29/h4-9,12-17,19H,1-3,10-11,18H2. The molecular weight excluding hydrogens is 386 g/mol. The summed E-state index contributed by atoms with van der Waals surface area (Å²) in [6.07, 6.45) is 7.62. The largest absolute Gasteiger partial charge is 0.331 e. The Morgan fingerprint density at radius 3 is 2.13 bits per heavy atom. The molecule has 2 aromatic carbocycles. The van der Waals surface area contributed by atoms with Crippen LogP contribution in [0.4, 0.5) is 0 Å². The minimum atomic E-state index is -0.0749. The molecule has 0 saturated heterocycles. The molecule has 0 atom stereocenters. The van der Waals surface area contributed by atoms with Crippen LogP contribution in [0.5, 0.6) is 0 Å². The highest BCUT2D eigenvalue weighted by Gasteiger charge is 2.15. The first-order valence-electron chi connectivity index (χ1n) is 11.0. The molecule has 1 fully saturated rings. The summed E-state index contributed by atoms with van der Waals surface area (Å²) in [5.74, 6) is -0.0749. The van der Waals surface area contributed by atoms with E-state index in [1.807, 2.05) is 71.3 Å². The van der Waals surface area contributed by atoms with E-state index in [9.17, 15) is 9.59 Å². The highest BCUT2D eigenvalue weighted by Crippen LogP contribution is 2.20. The molecule has 1 aliphatic rings. The zero-order valence-electron chi connectivity index (χ0n) is 17.4. The molecular formula is C26H25N3O2. The second-order valence-electron chi connectivity index (χ2n) is 8.19. The monoisotopic (exact) mass is 411 g/mol. The quantitative estimate of drug-likeness (QED) is 0.465. The van der Waals surface area contributed by atoms with E-state index in [2.05, 4.69) is 0 Å². The maximum Gasteiger partial charge on any atom is 0.252 e. The van der Waals surface area contributed by atoms with Gasteiger partial charge in [0.15, 0.2) is 5.43 Å². The summed E-state index contributed by atoms with van der Waals surface area (Å²) < 4.78 is 3.59. The third kappa shape index (κ3) is 3.72. The molecule has 0 N–H and O–H groups in total. The highest BCUT2D eigenvalue weighted by molar-refractivity contribution is 5.95. The minimum Gasteiger partial charge on any atom is -0.331 e. The zero-order chi connectivity index (χ0) is 21.2. The Bertz CT molecular complexity index is 1330. The Labute approximate surface area is 180 Å². The van der Waals surface area contributed by atoms with Gasteiger partial charge in [0.25, 0.3) is 5.91 Å². The van der Waals surface area contributed by atoms with Crippen molar-refractivity contribution in [2.45, 2.75) is 44.7 Å². The number of aromatic nitrogens is 2. The van der Waals surface area contributed by atoms with Crippen LogP contribution in [0.2, 0.25) is 0 Å². The zero-order valence-corrected chi connectivity index (χ0v) is 17.4. The molecule has 5 nitrogen and oxygen atoms in total. The van der Waals surface area contributed by atoms with Gasteiger partial charge in [0, 0.05) is 17.0 Å². The Kier molecular flexibility index (Phi) is 5.24. The summed E-state index contributed by atoms with van der Waals surface area (Å²) in [6.45, 7) is 0.128. The number of carbonyl (C=O) groups excluding carboxylic acids is 1. The number of benzene rings is 2. The fraction of sp³-hybridized carbons (Fsp3) is 0.269. The van der Waals surface area contributed by atoms with Gasteiger partial charge in [0.2, 0.25) is 0 Å². The molecule has 0 radical (unpaired) electrons. The number of carbonyl (C=O) groups is 1. The average Bonchev–Trinajstić information content (AvgIpc) is 2.83. The molecule has 0 amide bonds. The second-order valence-corrected chi connectivity index (χ2v) is 8.19. The van der Waals surface area contributed by atoms with Crippen molar-refractivity contribution < 1.29 is 4.79 Å². The van der Waals surface area contributed by atoms with Crippen molar-refractivity contribution in [3.8, 4) is 0 Å². The lowest BCUT2D eigenvalue weighted by atomic mass is 9.96. The van der Waals surface area contributed by atoms with Gasteiger partial charge in [-0.3, -0.25) is 19.1 Å². The minimum absolute atomic E-state index is 0.00440. The first-order valence-corrected chi connectivity index (χ1v) is 11.0. The highest BCUT2D eigenvalue weighted by atomic mass is 16.2. The van der Waals surface area contributed by atoms with Crippen LogP contribution in [-0.2, 0) is 6.54 Å².